The van der Waals surface area contributed by atoms with Crippen LogP contribution in [0.3, 0.4) is 0 Å². The smallest absolute Gasteiger partial charge is 0.0782 e. The van der Waals surface area contributed by atoms with Crippen LogP contribution in [0.4, 0.5) is 0 Å². The van der Waals surface area contributed by atoms with Gasteiger partial charge in [0.1, 0.15) is 0 Å². The van der Waals surface area contributed by atoms with Gasteiger partial charge in [-0.05, 0) is 26.0 Å². The highest BCUT2D eigenvalue weighted by molar-refractivity contribution is 7.79. The zero-order valence-corrected chi connectivity index (χ0v) is 15.3. The molecule has 19 heavy (non-hydrogen) atoms. The topological polar surface area (TPSA) is 0 Å². The van der Waals surface area contributed by atoms with Gasteiger partial charge in [-0.25, -0.2) is 0 Å². The van der Waals surface area contributed by atoms with Gasteiger partial charge in [0.05, 0.1) is 27.2 Å². The first-order valence-corrected chi connectivity index (χ1v) is 9.28. The Morgan fingerprint density at radius 1 is 0.632 bits per heavy atom. The second-order valence-electron chi connectivity index (χ2n) is 6.16. The molecule has 0 heterocycles. The summed E-state index contributed by atoms with van der Waals surface area (Å²) in [7, 11) is 4.68. The number of nitrogens with zero attached hydrogens (tertiary/aromatic N) is 1. The van der Waals surface area contributed by atoms with Gasteiger partial charge in [-0.1, -0.05) is 58.3 Å². The molecule has 0 saturated carbocycles. The van der Waals surface area contributed by atoms with Gasteiger partial charge in [0.25, 0.3) is 0 Å². The molecule has 0 atom stereocenters. The first kappa shape index (κ1) is 21.6. The van der Waals surface area contributed by atoms with Crippen LogP contribution in [-0.2, 0) is 0 Å². The Kier molecular flexibility index (Phi) is 18.6. The summed E-state index contributed by atoms with van der Waals surface area (Å²) in [5.74, 6) is 0. The largest absolute Gasteiger partial charge is 0.329 e. The molecule has 0 saturated heterocycles. The summed E-state index contributed by atoms with van der Waals surface area (Å²) in [6.07, 6.45) is 16.1. The molecule has 0 fully saturated rings. The molecular formula is C17H40NS+. The van der Waals surface area contributed by atoms with E-state index in [0.717, 1.165) is 0 Å². The molecule has 0 N–H and O–H groups in total. The summed E-state index contributed by atoms with van der Waals surface area (Å²) in [5.41, 5.74) is 0. The van der Waals surface area contributed by atoms with Crippen molar-refractivity contribution in [2.45, 2.75) is 78.1 Å². The standard InChI is InChI=1S/C16H36N.CH4S/c1-5-7-8-9-10-11-12-13-14-15-16-17(3,4)6-2;1-2/h5-16H2,1-4H3;2H,1H3/q+1;. The third-order valence-corrected chi connectivity index (χ3v) is 3.97. The molecule has 0 radical (unpaired) electrons. The van der Waals surface area contributed by atoms with Crippen LogP contribution in [0.1, 0.15) is 78.1 Å². The van der Waals surface area contributed by atoms with E-state index in [2.05, 4.69) is 40.6 Å². The second-order valence-corrected chi connectivity index (χ2v) is 6.16. The van der Waals surface area contributed by atoms with E-state index in [1.54, 1.807) is 6.26 Å². The lowest BCUT2D eigenvalue weighted by Gasteiger charge is -2.28. The number of hydrogen-bond acceptors (Lipinski definition) is 1. The van der Waals surface area contributed by atoms with Crippen LogP contribution >= 0.6 is 12.6 Å². The lowest BCUT2D eigenvalue weighted by atomic mass is 10.1. The summed E-state index contributed by atoms with van der Waals surface area (Å²) in [6, 6.07) is 0. The van der Waals surface area contributed by atoms with Gasteiger partial charge < -0.3 is 4.48 Å². The van der Waals surface area contributed by atoms with Crippen molar-refractivity contribution in [1.82, 2.24) is 0 Å². The molecule has 2 heteroatoms. The van der Waals surface area contributed by atoms with Gasteiger partial charge in [-0.3, -0.25) is 0 Å². The van der Waals surface area contributed by atoms with Crippen LogP contribution in [0.15, 0.2) is 0 Å². The van der Waals surface area contributed by atoms with Crippen LogP contribution in [-0.4, -0.2) is 37.9 Å². The van der Waals surface area contributed by atoms with E-state index in [4.69, 9.17) is 0 Å². The van der Waals surface area contributed by atoms with Crippen molar-refractivity contribution in [3.63, 3.8) is 0 Å². The monoisotopic (exact) mass is 290 g/mol. The molecule has 0 aliphatic carbocycles. The van der Waals surface area contributed by atoms with Crippen molar-refractivity contribution in [3.05, 3.63) is 0 Å². The number of unbranched alkanes of at least 4 members (excludes halogenated alkanes) is 9. The first-order chi connectivity index (χ1) is 9.12. The van der Waals surface area contributed by atoms with Crippen LogP contribution in [0.5, 0.6) is 0 Å². The summed E-state index contributed by atoms with van der Waals surface area (Å²) < 4.78 is 1.19. The van der Waals surface area contributed by atoms with Gasteiger partial charge >= 0.3 is 0 Å². The van der Waals surface area contributed by atoms with Gasteiger partial charge in [-0.2, -0.15) is 12.6 Å². The van der Waals surface area contributed by atoms with E-state index >= 15 is 0 Å². The van der Waals surface area contributed by atoms with Crippen molar-refractivity contribution in [1.29, 1.82) is 0 Å². The molecule has 1 nitrogen and oxygen atoms in total. The third kappa shape index (κ3) is 18.3. The zero-order valence-electron chi connectivity index (χ0n) is 14.4. The average Bonchev–Trinajstić information content (AvgIpc) is 2.43. The number of quaternary nitrogens is 1. The fourth-order valence-electron chi connectivity index (χ4n) is 2.19. The van der Waals surface area contributed by atoms with E-state index in [0.29, 0.717) is 0 Å². The van der Waals surface area contributed by atoms with Crippen LogP contribution in [0, 0.1) is 0 Å². The van der Waals surface area contributed by atoms with Gasteiger partial charge in [0.2, 0.25) is 0 Å². The highest BCUT2D eigenvalue weighted by atomic mass is 32.1. The van der Waals surface area contributed by atoms with Crippen molar-refractivity contribution in [3.8, 4) is 0 Å². The SMILES string of the molecule is CCCCCCCCCCCC[N+](C)(C)CC.CS. The third-order valence-electron chi connectivity index (χ3n) is 3.97. The zero-order chi connectivity index (χ0) is 15.0. The minimum Gasteiger partial charge on any atom is -0.329 e. The molecule has 118 valence electrons. The number of thiol groups is 1. The minimum absolute atomic E-state index is 1.19. The van der Waals surface area contributed by atoms with Crippen LogP contribution in [0.25, 0.3) is 0 Å². The van der Waals surface area contributed by atoms with Gasteiger partial charge in [0, 0.05) is 0 Å². The minimum atomic E-state index is 1.19. The Hall–Kier alpha value is 0.310. The fourth-order valence-corrected chi connectivity index (χ4v) is 2.19. The summed E-state index contributed by atoms with van der Waals surface area (Å²) in [6.45, 7) is 7.19. The summed E-state index contributed by atoms with van der Waals surface area (Å²) in [5, 5.41) is 0. The van der Waals surface area contributed by atoms with E-state index < -0.39 is 0 Å². The summed E-state index contributed by atoms with van der Waals surface area (Å²) in [4.78, 5) is 0. The van der Waals surface area contributed by atoms with Crippen molar-refractivity contribution in [2.75, 3.05) is 33.4 Å². The normalized spacial score (nSPS) is 11.1. The van der Waals surface area contributed by atoms with E-state index in [1.165, 1.54) is 81.8 Å². The molecule has 0 rings (SSSR count). The van der Waals surface area contributed by atoms with Gasteiger partial charge in [-0.15, -0.1) is 0 Å². The lowest BCUT2D eigenvalue weighted by molar-refractivity contribution is -0.888. The maximum atomic E-state index is 3.53. The van der Waals surface area contributed by atoms with E-state index in [1.807, 2.05) is 0 Å². The molecule has 0 aliphatic rings. The molecule has 0 aromatic carbocycles. The van der Waals surface area contributed by atoms with E-state index in [9.17, 15) is 0 Å². The first-order valence-electron chi connectivity index (χ1n) is 8.39. The molecule has 0 unspecified atom stereocenters. The molecule has 0 spiro atoms. The maximum Gasteiger partial charge on any atom is 0.0782 e. The molecule has 0 aromatic rings. The predicted octanol–water partition coefficient (Wildman–Crippen LogP) is 5.55. The van der Waals surface area contributed by atoms with Crippen molar-refractivity contribution in [2.24, 2.45) is 0 Å². The van der Waals surface area contributed by atoms with Gasteiger partial charge in [0.15, 0.2) is 0 Å². The molecule has 0 aromatic heterocycles. The van der Waals surface area contributed by atoms with Crippen molar-refractivity contribution >= 4 is 12.6 Å². The Balaban J connectivity index is 0. The predicted molar refractivity (Wildman–Crippen MR) is 94.3 cm³/mol. The molecule has 0 aliphatic heterocycles. The quantitative estimate of drug-likeness (QED) is 0.272. The Morgan fingerprint density at radius 2 is 1.00 bits per heavy atom. The average molecular weight is 291 g/mol. The maximum absolute atomic E-state index is 3.53. The second kappa shape index (κ2) is 16.4. The number of hydrogen-bond donors (Lipinski definition) is 1. The molecular weight excluding hydrogens is 250 g/mol. The van der Waals surface area contributed by atoms with Crippen LogP contribution in [0.2, 0.25) is 0 Å². The Labute approximate surface area is 129 Å². The highest BCUT2D eigenvalue weighted by Crippen LogP contribution is 2.11. The number of rotatable bonds is 12. The highest BCUT2D eigenvalue weighted by Gasteiger charge is 2.09. The molecule has 0 amide bonds. The fraction of sp³-hybridized carbons (Fsp3) is 1.00. The molecule has 0 bridgehead atoms. The van der Waals surface area contributed by atoms with Crippen molar-refractivity contribution < 1.29 is 4.48 Å². The summed E-state index contributed by atoms with van der Waals surface area (Å²) >= 11 is 3.53. The lowest BCUT2D eigenvalue weighted by Crippen LogP contribution is -2.39. The van der Waals surface area contributed by atoms with Crippen LogP contribution < -0.4 is 0 Å². The van der Waals surface area contributed by atoms with E-state index in [-0.39, 0.29) is 0 Å². The Morgan fingerprint density at radius 3 is 1.37 bits per heavy atom. The Bertz CT molecular complexity index is 157.